The molecule has 0 radical (unpaired) electrons. The number of nitrogens with one attached hydrogen (secondary N) is 1. The summed E-state index contributed by atoms with van der Waals surface area (Å²) in [6, 6.07) is 6.98. The van der Waals surface area contributed by atoms with Gasteiger partial charge in [0, 0.05) is 37.7 Å². The van der Waals surface area contributed by atoms with Crippen LogP contribution >= 0.6 is 11.6 Å². The molecular formula is C23H32ClN3O3. The number of carbonyl (C=O) groups excluding carboxylic acids is 2. The Hall–Kier alpha value is -1.79. The largest absolute Gasteiger partial charge is 0.484 e. The van der Waals surface area contributed by atoms with Crippen LogP contribution in [0, 0.1) is 11.8 Å². The minimum Gasteiger partial charge on any atom is -0.484 e. The molecule has 2 amide bonds. The molecule has 164 valence electrons. The first-order chi connectivity index (χ1) is 14.6. The van der Waals surface area contributed by atoms with Crippen molar-refractivity contribution in [1.29, 1.82) is 0 Å². The predicted octanol–water partition coefficient (Wildman–Crippen LogP) is 2.95. The molecule has 1 aromatic carbocycles. The Labute approximate surface area is 183 Å². The molecule has 1 aromatic rings. The molecule has 1 unspecified atom stereocenters. The van der Waals surface area contributed by atoms with Crippen LogP contribution in [0.4, 0.5) is 0 Å². The van der Waals surface area contributed by atoms with Crippen LogP contribution in [-0.4, -0.2) is 67.0 Å². The molecular weight excluding hydrogens is 402 g/mol. The van der Waals surface area contributed by atoms with Crippen molar-refractivity contribution in [2.45, 2.75) is 44.6 Å². The number of rotatable bonds is 8. The van der Waals surface area contributed by atoms with Gasteiger partial charge in [-0.2, -0.15) is 0 Å². The summed E-state index contributed by atoms with van der Waals surface area (Å²) in [5.41, 5.74) is 0. The lowest BCUT2D eigenvalue weighted by Crippen LogP contribution is -2.58. The first-order valence-electron chi connectivity index (χ1n) is 11.3. The Balaban J connectivity index is 1.27. The van der Waals surface area contributed by atoms with Crippen LogP contribution in [0.15, 0.2) is 24.3 Å². The van der Waals surface area contributed by atoms with Gasteiger partial charge in [-0.3, -0.25) is 14.5 Å². The molecule has 1 atom stereocenters. The number of nitrogens with zero attached hydrogens (tertiary/aromatic N) is 2. The van der Waals surface area contributed by atoms with Gasteiger partial charge in [0.1, 0.15) is 5.75 Å². The summed E-state index contributed by atoms with van der Waals surface area (Å²) in [5, 5.41) is 3.85. The molecule has 1 N–H and O–H groups in total. The summed E-state index contributed by atoms with van der Waals surface area (Å²) in [4.78, 5) is 29.7. The van der Waals surface area contributed by atoms with Crippen molar-refractivity contribution in [1.82, 2.24) is 15.1 Å². The lowest BCUT2D eigenvalue weighted by Gasteiger charge is -2.40. The maximum atomic E-state index is 13.0. The van der Waals surface area contributed by atoms with E-state index in [0.29, 0.717) is 35.7 Å². The van der Waals surface area contributed by atoms with E-state index in [1.807, 2.05) is 4.90 Å². The number of piperazine rings is 1. The average Bonchev–Trinajstić information content (AvgIpc) is 3.45. The van der Waals surface area contributed by atoms with Crippen LogP contribution in [0.2, 0.25) is 5.02 Å². The number of hydrogen-bond donors (Lipinski definition) is 1. The van der Waals surface area contributed by atoms with E-state index in [1.165, 1.54) is 25.7 Å². The Kier molecular flexibility index (Phi) is 7.16. The van der Waals surface area contributed by atoms with E-state index in [2.05, 4.69) is 10.2 Å². The van der Waals surface area contributed by atoms with Crippen LogP contribution in [0.3, 0.4) is 0 Å². The van der Waals surface area contributed by atoms with Crippen LogP contribution in [0.5, 0.6) is 5.75 Å². The molecule has 2 aliphatic carbocycles. The molecule has 0 bridgehead atoms. The fourth-order valence-electron chi connectivity index (χ4n) is 4.64. The third kappa shape index (κ3) is 5.67. The second kappa shape index (κ2) is 10.0. The SMILES string of the molecule is O=C(NCC1CC1)C(C1CCCC1)N1CCN(C(=O)COc2ccc(Cl)cc2)CC1. The Morgan fingerprint density at radius 2 is 1.70 bits per heavy atom. The summed E-state index contributed by atoms with van der Waals surface area (Å²) in [7, 11) is 0. The van der Waals surface area contributed by atoms with E-state index in [1.54, 1.807) is 24.3 Å². The van der Waals surface area contributed by atoms with Gasteiger partial charge in [0.25, 0.3) is 5.91 Å². The topological polar surface area (TPSA) is 61.9 Å². The molecule has 4 rings (SSSR count). The van der Waals surface area contributed by atoms with E-state index in [4.69, 9.17) is 16.3 Å². The van der Waals surface area contributed by atoms with Gasteiger partial charge < -0.3 is 15.0 Å². The molecule has 2 saturated carbocycles. The predicted molar refractivity (Wildman–Crippen MR) is 117 cm³/mol. The van der Waals surface area contributed by atoms with E-state index in [0.717, 1.165) is 32.5 Å². The maximum absolute atomic E-state index is 13.0. The molecule has 0 spiro atoms. The molecule has 1 saturated heterocycles. The van der Waals surface area contributed by atoms with Crippen LogP contribution in [0.25, 0.3) is 0 Å². The standard InChI is InChI=1S/C23H32ClN3O3/c24-19-7-9-20(10-8-19)30-16-21(28)26-11-13-27(14-12-26)22(18-3-1-2-4-18)23(29)25-15-17-5-6-17/h7-10,17-18,22H,1-6,11-16H2,(H,25,29). The van der Waals surface area contributed by atoms with E-state index in [-0.39, 0.29) is 24.5 Å². The fourth-order valence-corrected chi connectivity index (χ4v) is 4.77. The number of ether oxygens (including phenoxy) is 1. The van der Waals surface area contributed by atoms with Gasteiger partial charge in [-0.1, -0.05) is 24.4 Å². The van der Waals surface area contributed by atoms with E-state index >= 15 is 0 Å². The van der Waals surface area contributed by atoms with Gasteiger partial charge >= 0.3 is 0 Å². The van der Waals surface area contributed by atoms with Crippen molar-refractivity contribution in [3.05, 3.63) is 29.3 Å². The zero-order valence-electron chi connectivity index (χ0n) is 17.5. The molecule has 6 nitrogen and oxygen atoms in total. The first-order valence-corrected chi connectivity index (χ1v) is 11.7. The van der Waals surface area contributed by atoms with Crippen molar-refractivity contribution in [2.75, 3.05) is 39.3 Å². The van der Waals surface area contributed by atoms with Crippen molar-refractivity contribution in [2.24, 2.45) is 11.8 Å². The van der Waals surface area contributed by atoms with Gasteiger partial charge in [0.2, 0.25) is 5.91 Å². The molecule has 3 fully saturated rings. The quantitative estimate of drug-likeness (QED) is 0.684. The molecule has 7 heteroatoms. The number of carbonyl (C=O) groups is 2. The molecule has 1 aliphatic heterocycles. The van der Waals surface area contributed by atoms with E-state index < -0.39 is 0 Å². The number of amides is 2. The zero-order valence-corrected chi connectivity index (χ0v) is 18.3. The molecule has 1 heterocycles. The van der Waals surface area contributed by atoms with Gasteiger partial charge in [0.05, 0.1) is 6.04 Å². The Bertz CT molecular complexity index is 724. The summed E-state index contributed by atoms with van der Waals surface area (Å²) < 4.78 is 5.60. The van der Waals surface area contributed by atoms with Gasteiger partial charge in [-0.05, 0) is 61.8 Å². The van der Waals surface area contributed by atoms with Crippen molar-refractivity contribution >= 4 is 23.4 Å². The third-order valence-electron chi connectivity index (χ3n) is 6.61. The van der Waals surface area contributed by atoms with Crippen LogP contribution in [0.1, 0.15) is 38.5 Å². The molecule has 30 heavy (non-hydrogen) atoms. The first kappa shape index (κ1) is 21.4. The highest BCUT2D eigenvalue weighted by atomic mass is 35.5. The van der Waals surface area contributed by atoms with Crippen molar-refractivity contribution in [3.8, 4) is 5.75 Å². The minimum atomic E-state index is -0.0474. The summed E-state index contributed by atoms with van der Waals surface area (Å²) in [6.45, 7) is 3.61. The summed E-state index contributed by atoms with van der Waals surface area (Å²) >= 11 is 5.88. The van der Waals surface area contributed by atoms with Gasteiger partial charge in [-0.25, -0.2) is 0 Å². The van der Waals surface area contributed by atoms with Crippen LogP contribution < -0.4 is 10.1 Å². The number of benzene rings is 1. The Morgan fingerprint density at radius 1 is 1.03 bits per heavy atom. The monoisotopic (exact) mass is 433 g/mol. The summed E-state index contributed by atoms with van der Waals surface area (Å²) in [6.07, 6.45) is 7.20. The second-order valence-electron chi connectivity index (χ2n) is 8.84. The third-order valence-corrected chi connectivity index (χ3v) is 6.87. The lowest BCUT2D eigenvalue weighted by atomic mass is 9.95. The number of hydrogen-bond acceptors (Lipinski definition) is 4. The second-order valence-corrected chi connectivity index (χ2v) is 9.27. The molecule has 0 aromatic heterocycles. The highest BCUT2D eigenvalue weighted by Crippen LogP contribution is 2.32. The lowest BCUT2D eigenvalue weighted by molar-refractivity contribution is -0.137. The smallest absolute Gasteiger partial charge is 0.260 e. The highest BCUT2D eigenvalue weighted by Gasteiger charge is 2.37. The number of halogens is 1. The molecule has 3 aliphatic rings. The van der Waals surface area contributed by atoms with Crippen molar-refractivity contribution in [3.63, 3.8) is 0 Å². The fraction of sp³-hybridized carbons (Fsp3) is 0.652. The maximum Gasteiger partial charge on any atom is 0.260 e. The van der Waals surface area contributed by atoms with Crippen LogP contribution in [-0.2, 0) is 9.59 Å². The minimum absolute atomic E-state index is 0.0137. The average molecular weight is 434 g/mol. The van der Waals surface area contributed by atoms with E-state index in [9.17, 15) is 9.59 Å². The van der Waals surface area contributed by atoms with Crippen molar-refractivity contribution < 1.29 is 14.3 Å². The summed E-state index contributed by atoms with van der Waals surface area (Å²) in [5.74, 6) is 1.95. The van der Waals surface area contributed by atoms with Gasteiger partial charge in [0.15, 0.2) is 6.61 Å². The zero-order chi connectivity index (χ0) is 20.9. The normalized spacial score (nSPS) is 21.4. The van der Waals surface area contributed by atoms with Gasteiger partial charge in [-0.15, -0.1) is 0 Å². The highest BCUT2D eigenvalue weighted by molar-refractivity contribution is 6.30. The Morgan fingerprint density at radius 3 is 2.33 bits per heavy atom.